The van der Waals surface area contributed by atoms with Crippen molar-refractivity contribution in [2.24, 2.45) is 5.92 Å². The Bertz CT molecular complexity index is 583. The predicted octanol–water partition coefficient (Wildman–Crippen LogP) is 1.78. The maximum Gasteiger partial charge on any atom is 0.308 e. The van der Waals surface area contributed by atoms with Crippen molar-refractivity contribution in [1.82, 2.24) is 25.2 Å². The van der Waals surface area contributed by atoms with Crippen LogP contribution < -0.4 is 0 Å². The summed E-state index contributed by atoms with van der Waals surface area (Å²) in [6, 6.07) is 3.23. The summed E-state index contributed by atoms with van der Waals surface area (Å²) in [5.74, 6) is -1.04. The molecule has 0 spiro atoms. The van der Waals surface area contributed by atoms with E-state index in [-0.39, 0.29) is 6.04 Å². The smallest absolute Gasteiger partial charge is 0.308 e. The predicted molar refractivity (Wildman–Crippen MR) is 70.3 cm³/mol. The maximum atomic E-state index is 11.0. The summed E-state index contributed by atoms with van der Waals surface area (Å²) < 4.78 is 2.33. The lowest BCUT2D eigenvalue weighted by atomic mass is 10.0. The molecule has 2 rings (SSSR count). The van der Waals surface area contributed by atoms with Gasteiger partial charge in [0.25, 0.3) is 0 Å². The first-order chi connectivity index (χ1) is 9.00. The molecule has 1 N–H and O–H groups in total. The number of nitrogens with zero attached hydrogens (tertiary/aromatic N) is 5. The van der Waals surface area contributed by atoms with Crippen LogP contribution in [0.2, 0.25) is 0 Å². The molecular weight excluding hydrogens is 314 g/mol. The fraction of sp³-hybridized carbons (Fsp3) is 0.364. The zero-order chi connectivity index (χ0) is 14.0. The molecule has 0 radical (unpaired) electrons. The first-order valence-corrected chi connectivity index (χ1v) is 6.42. The van der Waals surface area contributed by atoms with Crippen molar-refractivity contribution in [1.29, 1.82) is 0 Å². The largest absolute Gasteiger partial charge is 0.481 e. The van der Waals surface area contributed by atoms with Crippen LogP contribution in [0, 0.1) is 5.92 Å². The molecular formula is C11H12BrN5O2. The van der Waals surface area contributed by atoms with Crippen molar-refractivity contribution in [3.05, 3.63) is 22.8 Å². The van der Waals surface area contributed by atoms with Gasteiger partial charge in [-0.1, -0.05) is 0 Å². The Kier molecular flexibility index (Phi) is 3.89. The van der Waals surface area contributed by atoms with Crippen LogP contribution in [0.1, 0.15) is 19.9 Å². The molecule has 0 aliphatic heterocycles. The van der Waals surface area contributed by atoms with E-state index in [9.17, 15) is 4.79 Å². The second-order valence-corrected chi connectivity index (χ2v) is 5.09. The molecule has 100 valence electrons. The van der Waals surface area contributed by atoms with Crippen LogP contribution in [0.4, 0.5) is 0 Å². The number of carbonyl (C=O) groups is 1. The molecule has 0 saturated heterocycles. The summed E-state index contributed by atoms with van der Waals surface area (Å²) in [6.07, 6.45) is 1.64. The Balaban J connectivity index is 2.37. The molecule has 0 saturated carbocycles. The highest BCUT2D eigenvalue weighted by atomic mass is 79.9. The molecule has 0 bridgehead atoms. The first kappa shape index (κ1) is 13.6. The van der Waals surface area contributed by atoms with Crippen molar-refractivity contribution in [2.75, 3.05) is 0 Å². The fourth-order valence-electron chi connectivity index (χ4n) is 1.56. The van der Waals surface area contributed by atoms with E-state index in [0.29, 0.717) is 11.5 Å². The highest BCUT2D eigenvalue weighted by Gasteiger charge is 2.25. The van der Waals surface area contributed by atoms with E-state index in [1.54, 1.807) is 26.1 Å². The molecule has 2 aromatic heterocycles. The summed E-state index contributed by atoms with van der Waals surface area (Å²) >= 11 is 3.30. The second-order valence-electron chi connectivity index (χ2n) is 4.18. The van der Waals surface area contributed by atoms with Gasteiger partial charge in [-0.3, -0.25) is 9.78 Å². The molecule has 2 unspecified atom stereocenters. The van der Waals surface area contributed by atoms with Crippen LogP contribution in [-0.4, -0.2) is 36.3 Å². The zero-order valence-electron chi connectivity index (χ0n) is 10.4. The van der Waals surface area contributed by atoms with Gasteiger partial charge in [0.15, 0.2) is 0 Å². The number of aromatic nitrogens is 5. The SMILES string of the molecule is CC(C(=O)O)C(C)n1nnnc1-c1ccc(Br)cn1. The lowest BCUT2D eigenvalue weighted by Crippen LogP contribution is -2.23. The van der Waals surface area contributed by atoms with Gasteiger partial charge in [-0.15, -0.1) is 5.10 Å². The molecule has 0 fully saturated rings. The highest BCUT2D eigenvalue weighted by molar-refractivity contribution is 9.10. The van der Waals surface area contributed by atoms with Crippen molar-refractivity contribution < 1.29 is 9.90 Å². The molecule has 0 aliphatic rings. The zero-order valence-corrected chi connectivity index (χ0v) is 11.9. The molecule has 0 amide bonds. The Morgan fingerprint density at radius 3 is 2.74 bits per heavy atom. The van der Waals surface area contributed by atoms with Crippen molar-refractivity contribution >= 4 is 21.9 Å². The van der Waals surface area contributed by atoms with E-state index in [0.717, 1.165) is 4.47 Å². The fourth-order valence-corrected chi connectivity index (χ4v) is 1.80. The number of halogens is 1. The minimum Gasteiger partial charge on any atom is -0.481 e. The maximum absolute atomic E-state index is 11.0. The van der Waals surface area contributed by atoms with Gasteiger partial charge in [0.2, 0.25) is 5.82 Å². The molecule has 7 nitrogen and oxygen atoms in total. The third-order valence-corrected chi connectivity index (χ3v) is 3.42. The van der Waals surface area contributed by atoms with Crippen LogP contribution in [-0.2, 0) is 4.79 Å². The molecule has 2 atom stereocenters. The molecule has 19 heavy (non-hydrogen) atoms. The Hall–Kier alpha value is -1.83. The standard InChI is InChI=1S/C11H12BrN5O2/c1-6(11(18)19)7(2)17-10(14-15-16-17)9-4-3-8(12)5-13-9/h3-7H,1-2H3,(H,18,19). The first-order valence-electron chi connectivity index (χ1n) is 5.63. The molecule has 2 heterocycles. The van der Waals surface area contributed by atoms with E-state index >= 15 is 0 Å². The second kappa shape index (κ2) is 5.43. The quantitative estimate of drug-likeness (QED) is 0.920. The number of tetrazole rings is 1. The Morgan fingerprint density at radius 2 is 2.16 bits per heavy atom. The summed E-state index contributed by atoms with van der Waals surface area (Å²) in [4.78, 5) is 15.2. The van der Waals surface area contributed by atoms with Gasteiger partial charge >= 0.3 is 5.97 Å². The summed E-state index contributed by atoms with van der Waals surface area (Å²) in [7, 11) is 0. The van der Waals surface area contributed by atoms with Crippen LogP contribution in [0.15, 0.2) is 22.8 Å². The molecule has 8 heteroatoms. The van der Waals surface area contributed by atoms with E-state index in [1.165, 1.54) is 4.68 Å². The number of carboxylic acids is 1. The van der Waals surface area contributed by atoms with Crippen LogP contribution >= 0.6 is 15.9 Å². The average molecular weight is 326 g/mol. The summed E-state index contributed by atoms with van der Waals surface area (Å²) in [5, 5.41) is 20.4. The minimum atomic E-state index is -0.891. The van der Waals surface area contributed by atoms with E-state index in [2.05, 4.69) is 36.4 Å². The Labute approximate surface area is 117 Å². The van der Waals surface area contributed by atoms with Crippen LogP contribution in [0.25, 0.3) is 11.5 Å². The number of hydrogen-bond donors (Lipinski definition) is 1. The van der Waals surface area contributed by atoms with Gasteiger partial charge in [-0.2, -0.15) is 0 Å². The third-order valence-electron chi connectivity index (χ3n) is 2.95. The molecule has 0 aromatic carbocycles. The number of carboxylic acid groups (broad SMARTS) is 1. The number of hydrogen-bond acceptors (Lipinski definition) is 5. The number of rotatable bonds is 4. The van der Waals surface area contributed by atoms with Crippen LogP contribution in [0.3, 0.4) is 0 Å². The van der Waals surface area contributed by atoms with Crippen molar-refractivity contribution in [3.63, 3.8) is 0 Å². The third kappa shape index (κ3) is 2.78. The van der Waals surface area contributed by atoms with E-state index in [4.69, 9.17) is 5.11 Å². The normalized spacial score (nSPS) is 14.1. The molecule has 2 aromatic rings. The van der Waals surface area contributed by atoms with Gasteiger partial charge in [0, 0.05) is 10.7 Å². The van der Waals surface area contributed by atoms with Gasteiger partial charge in [-0.25, -0.2) is 4.68 Å². The lowest BCUT2D eigenvalue weighted by Gasteiger charge is -2.16. The van der Waals surface area contributed by atoms with Gasteiger partial charge in [-0.05, 0) is 52.3 Å². The average Bonchev–Trinajstić information content (AvgIpc) is 2.87. The van der Waals surface area contributed by atoms with E-state index in [1.807, 2.05) is 6.07 Å². The molecule has 0 aliphatic carbocycles. The van der Waals surface area contributed by atoms with Crippen LogP contribution in [0.5, 0.6) is 0 Å². The van der Waals surface area contributed by atoms with E-state index < -0.39 is 11.9 Å². The van der Waals surface area contributed by atoms with Crippen molar-refractivity contribution in [2.45, 2.75) is 19.9 Å². The summed E-state index contributed by atoms with van der Waals surface area (Å²) in [6.45, 7) is 3.38. The topological polar surface area (TPSA) is 93.8 Å². The lowest BCUT2D eigenvalue weighted by molar-refractivity contribution is -0.142. The minimum absolute atomic E-state index is 0.368. The highest BCUT2D eigenvalue weighted by Crippen LogP contribution is 2.23. The number of aliphatic carboxylic acids is 1. The van der Waals surface area contributed by atoms with Gasteiger partial charge in [0.05, 0.1) is 12.0 Å². The van der Waals surface area contributed by atoms with Crippen molar-refractivity contribution in [3.8, 4) is 11.5 Å². The Morgan fingerprint density at radius 1 is 1.42 bits per heavy atom. The van der Waals surface area contributed by atoms with Gasteiger partial charge < -0.3 is 5.11 Å². The number of pyridine rings is 1. The van der Waals surface area contributed by atoms with Gasteiger partial charge in [0.1, 0.15) is 5.69 Å². The summed E-state index contributed by atoms with van der Waals surface area (Å²) in [5.41, 5.74) is 0.595. The monoisotopic (exact) mass is 325 g/mol.